The second-order valence-electron chi connectivity index (χ2n) is 5.66. The van der Waals surface area contributed by atoms with Crippen molar-refractivity contribution >= 4 is 49.9 Å². The van der Waals surface area contributed by atoms with Crippen LogP contribution in [0.3, 0.4) is 0 Å². The first-order chi connectivity index (χ1) is 13.5. The van der Waals surface area contributed by atoms with Crippen molar-refractivity contribution in [1.82, 2.24) is 4.98 Å². The molecule has 0 atom stereocenters. The van der Waals surface area contributed by atoms with Crippen molar-refractivity contribution in [2.45, 2.75) is 13.3 Å². The van der Waals surface area contributed by atoms with Crippen LogP contribution in [-0.2, 0) is 9.59 Å². The van der Waals surface area contributed by atoms with Crippen molar-refractivity contribution in [3.8, 4) is 5.75 Å². The topological polar surface area (TPSA) is 123 Å². The minimum atomic E-state index is -0.570. The molecule has 0 bridgehead atoms. The average molecular weight is 400 g/mol. The molecule has 2 aromatic carbocycles. The maximum atomic E-state index is 12.1. The molecule has 0 unspecified atom stereocenters. The number of rotatable bonds is 7. The quantitative estimate of drug-likeness (QED) is 0.462. The molecule has 10 heteroatoms. The van der Waals surface area contributed by atoms with Crippen LogP contribution < -0.4 is 15.4 Å². The molecule has 0 radical (unpaired) electrons. The Hall–Kier alpha value is -3.53. The highest BCUT2D eigenvalue weighted by molar-refractivity contribution is 7.22. The molecule has 1 heterocycles. The van der Waals surface area contributed by atoms with Crippen LogP contribution in [0.4, 0.5) is 16.5 Å². The molecular weight excluding hydrogens is 384 g/mol. The van der Waals surface area contributed by atoms with Crippen LogP contribution in [-0.4, -0.2) is 28.3 Å². The number of benzene rings is 2. The van der Waals surface area contributed by atoms with Crippen LogP contribution >= 0.6 is 11.3 Å². The first-order valence-electron chi connectivity index (χ1n) is 8.32. The maximum Gasteiger partial charge on any atom is 0.310 e. The lowest BCUT2D eigenvalue weighted by atomic mass is 10.3. The standard InChI is InChI=1S/C18H16N4O5S/c1-2-16(23)21-18-20-12-8-7-11(9-15(12)28-18)19-17(24)10-27-14-6-4-3-5-13(14)22(25)26/h3-9H,2,10H2,1H3,(H,19,24)(H,20,21,23). The summed E-state index contributed by atoms with van der Waals surface area (Å²) in [5.41, 5.74) is 1.02. The third kappa shape index (κ3) is 4.60. The highest BCUT2D eigenvalue weighted by atomic mass is 32.1. The first kappa shape index (κ1) is 19.2. The summed E-state index contributed by atoms with van der Waals surface area (Å²) < 4.78 is 6.06. The number of aromatic nitrogens is 1. The van der Waals surface area contributed by atoms with Gasteiger partial charge in [0.1, 0.15) is 0 Å². The number of nitro benzene ring substituents is 1. The average Bonchev–Trinajstić information content (AvgIpc) is 3.07. The van der Waals surface area contributed by atoms with E-state index in [1.54, 1.807) is 31.2 Å². The fraction of sp³-hybridized carbons (Fsp3) is 0.167. The van der Waals surface area contributed by atoms with Gasteiger partial charge in [0, 0.05) is 18.2 Å². The fourth-order valence-corrected chi connectivity index (χ4v) is 3.26. The lowest BCUT2D eigenvalue weighted by Gasteiger charge is -2.07. The summed E-state index contributed by atoms with van der Waals surface area (Å²) in [5.74, 6) is -0.557. The number of ether oxygens (including phenoxy) is 1. The monoisotopic (exact) mass is 400 g/mol. The van der Waals surface area contributed by atoms with Gasteiger partial charge >= 0.3 is 5.69 Å². The molecule has 2 amide bonds. The highest BCUT2D eigenvalue weighted by Gasteiger charge is 2.15. The third-order valence-electron chi connectivity index (χ3n) is 3.66. The number of para-hydroxylation sites is 2. The van der Waals surface area contributed by atoms with Gasteiger partial charge in [0.05, 0.1) is 15.1 Å². The number of thiazole rings is 1. The lowest BCUT2D eigenvalue weighted by Crippen LogP contribution is -2.20. The number of fused-ring (bicyclic) bond motifs is 1. The number of hydrogen-bond acceptors (Lipinski definition) is 7. The summed E-state index contributed by atoms with van der Waals surface area (Å²) >= 11 is 1.30. The Morgan fingerprint density at radius 2 is 1.96 bits per heavy atom. The van der Waals surface area contributed by atoms with Gasteiger partial charge in [0.15, 0.2) is 17.5 Å². The molecule has 3 aromatic rings. The number of nitrogens with zero attached hydrogens (tertiary/aromatic N) is 2. The Morgan fingerprint density at radius 3 is 2.71 bits per heavy atom. The molecule has 0 aliphatic rings. The lowest BCUT2D eigenvalue weighted by molar-refractivity contribution is -0.385. The Labute approximate surface area is 163 Å². The molecule has 9 nitrogen and oxygen atoms in total. The number of carbonyl (C=O) groups is 2. The minimum Gasteiger partial charge on any atom is -0.477 e. The summed E-state index contributed by atoms with van der Waals surface area (Å²) in [4.78, 5) is 38.3. The Balaban J connectivity index is 1.64. The van der Waals surface area contributed by atoms with Crippen LogP contribution in [0.15, 0.2) is 42.5 Å². The molecule has 144 valence electrons. The smallest absolute Gasteiger partial charge is 0.310 e. The number of nitrogens with one attached hydrogen (secondary N) is 2. The summed E-state index contributed by atoms with van der Waals surface area (Å²) in [7, 11) is 0. The predicted octanol–water partition coefficient (Wildman–Crippen LogP) is 3.57. The van der Waals surface area contributed by atoms with Gasteiger partial charge in [-0.2, -0.15) is 0 Å². The second-order valence-corrected chi connectivity index (χ2v) is 6.70. The SMILES string of the molecule is CCC(=O)Nc1nc2ccc(NC(=O)COc3ccccc3[N+](=O)[O-])cc2s1. The van der Waals surface area contributed by atoms with E-state index in [-0.39, 0.29) is 24.0 Å². The molecule has 2 N–H and O–H groups in total. The Morgan fingerprint density at radius 1 is 1.18 bits per heavy atom. The van der Waals surface area contributed by atoms with Gasteiger partial charge in [0.2, 0.25) is 5.91 Å². The van der Waals surface area contributed by atoms with Gasteiger partial charge < -0.3 is 15.4 Å². The van der Waals surface area contributed by atoms with Crippen molar-refractivity contribution in [2.75, 3.05) is 17.2 Å². The molecule has 0 aliphatic carbocycles. The van der Waals surface area contributed by atoms with Crippen LogP contribution in [0.1, 0.15) is 13.3 Å². The number of carbonyl (C=O) groups excluding carboxylic acids is 2. The van der Waals surface area contributed by atoms with Gasteiger partial charge in [-0.3, -0.25) is 19.7 Å². The molecule has 0 spiro atoms. The zero-order valence-corrected chi connectivity index (χ0v) is 15.6. The van der Waals surface area contributed by atoms with Gasteiger partial charge in [0.25, 0.3) is 5.91 Å². The second kappa shape index (κ2) is 8.44. The van der Waals surface area contributed by atoms with E-state index in [1.165, 1.54) is 29.5 Å². The van der Waals surface area contributed by atoms with Crippen LogP contribution in [0, 0.1) is 10.1 Å². The number of hydrogen-bond donors (Lipinski definition) is 2. The van der Waals surface area contributed by atoms with E-state index >= 15 is 0 Å². The van der Waals surface area contributed by atoms with Gasteiger partial charge in [-0.1, -0.05) is 30.4 Å². The molecule has 0 saturated heterocycles. The summed E-state index contributed by atoms with van der Waals surface area (Å²) in [6.07, 6.45) is 0.358. The van der Waals surface area contributed by atoms with E-state index in [4.69, 9.17) is 4.74 Å². The summed E-state index contributed by atoms with van der Waals surface area (Å²) in [6, 6.07) is 11.0. The van der Waals surface area contributed by atoms with E-state index in [9.17, 15) is 19.7 Å². The van der Waals surface area contributed by atoms with Crippen LogP contribution in [0.2, 0.25) is 0 Å². The largest absolute Gasteiger partial charge is 0.477 e. The van der Waals surface area contributed by atoms with E-state index in [0.29, 0.717) is 22.8 Å². The summed E-state index contributed by atoms with van der Waals surface area (Å²) in [6.45, 7) is 1.38. The van der Waals surface area contributed by atoms with Crippen molar-refractivity contribution in [3.63, 3.8) is 0 Å². The number of amides is 2. The zero-order chi connectivity index (χ0) is 20.1. The van der Waals surface area contributed by atoms with E-state index in [1.807, 2.05) is 0 Å². The molecule has 0 aliphatic heterocycles. The van der Waals surface area contributed by atoms with Gasteiger partial charge in [-0.15, -0.1) is 0 Å². The van der Waals surface area contributed by atoms with E-state index in [2.05, 4.69) is 15.6 Å². The molecule has 0 saturated carbocycles. The van der Waals surface area contributed by atoms with Crippen molar-refractivity contribution in [1.29, 1.82) is 0 Å². The van der Waals surface area contributed by atoms with E-state index in [0.717, 1.165) is 4.70 Å². The maximum absolute atomic E-state index is 12.1. The van der Waals surface area contributed by atoms with Crippen LogP contribution in [0.5, 0.6) is 5.75 Å². The molecule has 28 heavy (non-hydrogen) atoms. The minimum absolute atomic E-state index is 0.0249. The zero-order valence-electron chi connectivity index (χ0n) is 14.8. The van der Waals surface area contributed by atoms with Gasteiger partial charge in [-0.25, -0.2) is 4.98 Å². The Kier molecular flexibility index (Phi) is 5.80. The molecule has 3 rings (SSSR count). The third-order valence-corrected chi connectivity index (χ3v) is 4.59. The Bertz CT molecular complexity index is 1050. The fourth-order valence-electron chi connectivity index (χ4n) is 2.33. The molecule has 1 aromatic heterocycles. The van der Waals surface area contributed by atoms with Gasteiger partial charge in [-0.05, 0) is 24.3 Å². The molecule has 0 fully saturated rings. The van der Waals surface area contributed by atoms with Crippen LogP contribution in [0.25, 0.3) is 10.2 Å². The van der Waals surface area contributed by atoms with E-state index < -0.39 is 10.8 Å². The normalized spacial score (nSPS) is 10.5. The summed E-state index contributed by atoms with van der Waals surface area (Å²) in [5, 5.41) is 16.8. The van der Waals surface area contributed by atoms with Crippen molar-refractivity contribution < 1.29 is 19.2 Å². The highest BCUT2D eigenvalue weighted by Crippen LogP contribution is 2.29. The van der Waals surface area contributed by atoms with Crippen molar-refractivity contribution in [2.24, 2.45) is 0 Å². The number of nitro groups is 1. The predicted molar refractivity (Wildman–Crippen MR) is 106 cm³/mol. The molecular formula is C18H16N4O5S. The van der Waals surface area contributed by atoms with Crippen molar-refractivity contribution in [3.05, 3.63) is 52.6 Å². The first-order valence-corrected chi connectivity index (χ1v) is 9.14. The number of anilines is 2.